The second-order valence-corrected chi connectivity index (χ2v) is 8.22. The van der Waals surface area contributed by atoms with Crippen molar-refractivity contribution in [2.45, 2.75) is 46.1 Å². The molecule has 0 saturated carbocycles. The van der Waals surface area contributed by atoms with E-state index in [2.05, 4.69) is 46.0 Å². The molecule has 0 unspecified atom stereocenters. The van der Waals surface area contributed by atoms with Crippen LogP contribution in [0.5, 0.6) is 0 Å². The number of amidine groups is 1. The van der Waals surface area contributed by atoms with Crippen molar-refractivity contribution in [1.29, 1.82) is 0 Å². The number of rotatable bonds is 9. The highest BCUT2D eigenvalue weighted by Gasteiger charge is 2.20. The summed E-state index contributed by atoms with van der Waals surface area (Å²) in [6, 6.07) is 2.13. The number of carbonyl (C=O) groups is 1. The number of hydrazone groups is 1. The van der Waals surface area contributed by atoms with Gasteiger partial charge in [0, 0.05) is 24.1 Å². The van der Waals surface area contributed by atoms with Gasteiger partial charge in [-0.2, -0.15) is 5.10 Å². The van der Waals surface area contributed by atoms with Gasteiger partial charge in [0.15, 0.2) is 0 Å². The molecule has 1 aliphatic rings. The Morgan fingerprint density at radius 3 is 2.55 bits per heavy atom. The lowest BCUT2D eigenvalue weighted by Gasteiger charge is -2.33. The summed E-state index contributed by atoms with van der Waals surface area (Å²) in [5, 5.41) is 6.60. The number of aromatic nitrogens is 1. The SMILES string of the molecule is C=C/C=C\C.CC/C=N\N(/C=C/c1cnc(N)c(C(=NC/C(F)=C/Cl)NN)c1)C1CCN(C)CC1.CC=O. The fraction of sp³-hybridized carbons (Fsp3) is 0.407. The number of likely N-dealkylation sites (tertiary alicyclic amines) is 1. The largest absolute Gasteiger partial charge is 0.383 e. The van der Waals surface area contributed by atoms with E-state index in [1.54, 1.807) is 18.3 Å². The summed E-state index contributed by atoms with van der Waals surface area (Å²) < 4.78 is 13.3. The summed E-state index contributed by atoms with van der Waals surface area (Å²) in [4.78, 5) is 19.4. The number of hydrazine groups is 1. The first-order valence-corrected chi connectivity index (χ1v) is 12.8. The molecule has 2 rings (SSSR count). The molecule has 38 heavy (non-hydrogen) atoms. The van der Waals surface area contributed by atoms with Crippen LogP contribution in [0, 0.1) is 0 Å². The monoisotopic (exact) mass is 548 g/mol. The second kappa shape index (κ2) is 21.7. The lowest BCUT2D eigenvalue weighted by atomic mass is 10.1. The van der Waals surface area contributed by atoms with E-state index in [0.717, 1.165) is 49.7 Å². The normalized spacial score (nSPS) is 15.1. The number of nitrogens with zero attached hydrogens (tertiary/aromatic N) is 5. The van der Waals surface area contributed by atoms with Crippen LogP contribution in [0.25, 0.3) is 6.08 Å². The van der Waals surface area contributed by atoms with Crippen LogP contribution >= 0.6 is 11.6 Å². The topological polar surface area (TPSA) is 125 Å². The number of anilines is 1. The van der Waals surface area contributed by atoms with Crippen LogP contribution < -0.4 is 17.0 Å². The minimum atomic E-state index is -0.588. The van der Waals surface area contributed by atoms with E-state index in [4.69, 9.17) is 28.0 Å². The maximum atomic E-state index is 13.3. The van der Waals surface area contributed by atoms with Gasteiger partial charge < -0.3 is 20.9 Å². The van der Waals surface area contributed by atoms with Crippen LogP contribution in [-0.2, 0) is 4.79 Å². The maximum Gasteiger partial charge on any atom is 0.146 e. The summed E-state index contributed by atoms with van der Waals surface area (Å²) in [7, 11) is 2.13. The van der Waals surface area contributed by atoms with Crippen LogP contribution in [0.15, 0.2) is 64.7 Å². The van der Waals surface area contributed by atoms with Crippen molar-refractivity contribution in [3.8, 4) is 0 Å². The summed E-state index contributed by atoms with van der Waals surface area (Å²) in [5.74, 6) is 5.41. The number of hydrogen-bond acceptors (Lipinski definition) is 8. The molecule has 1 aliphatic heterocycles. The number of carbonyl (C=O) groups excluding carboxylic acids is 1. The fourth-order valence-electron chi connectivity index (χ4n) is 3.16. The van der Waals surface area contributed by atoms with Crippen molar-refractivity contribution >= 4 is 41.8 Å². The molecule has 1 aromatic heterocycles. The standard InChI is InChI=1S/C20H30ClFN8.C5H8.C2H4O/c1-3-7-27-30(17-5-8-29(2)9-6-17)10-4-15-11-18(19(23)25-13-15)20(28-24)26-14-16(22)12-21;1-3-5-4-2;1-2-3/h4,7,10-13,17H,3,5-6,8-9,14,24H2,1-2H3,(H2,23,25)(H,26,28);3-5H,1H2,2H3;2H,1H3/b10-4+,16-12-,27-7-;5-4-;. The summed E-state index contributed by atoms with van der Waals surface area (Å²) in [6.45, 7) is 10.8. The van der Waals surface area contributed by atoms with E-state index >= 15 is 0 Å². The van der Waals surface area contributed by atoms with Gasteiger partial charge in [0.2, 0.25) is 0 Å². The predicted molar refractivity (Wildman–Crippen MR) is 159 cm³/mol. The van der Waals surface area contributed by atoms with Crippen LogP contribution in [0.4, 0.5) is 10.2 Å². The first-order valence-electron chi connectivity index (χ1n) is 12.3. The zero-order chi connectivity index (χ0) is 28.8. The van der Waals surface area contributed by atoms with Gasteiger partial charge in [0.1, 0.15) is 23.8 Å². The molecule has 0 atom stereocenters. The van der Waals surface area contributed by atoms with E-state index in [1.807, 2.05) is 42.6 Å². The first kappa shape index (κ1) is 34.7. The Labute approximate surface area is 231 Å². The smallest absolute Gasteiger partial charge is 0.146 e. The van der Waals surface area contributed by atoms with Gasteiger partial charge in [-0.3, -0.25) is 10.0 Å². The number of allylic oxidation sites excluding steroid dienone is 3. The van der Waals surface area contributed by atoms with Crippen molar-refractivity contribution in [1.82, 2.24) is 20.3 Å². The molecule has 5 N–H and O–H groups in total. The highest BCUT2D eigenvalue weighted by atomic mass is 35.5. The number of pyridine rings is 1. The molecule has 1 saturated heterocycles. The Bertz CT molecular complexity index is 970. The van der Waals surface area contributed by atoms with Crippen molar-refractivity contribution < 1.29 is 9.18 Å². The Morgan fingerprint density at radius 1 is 1.39 bits per heavy atom. The highest BCUT2D eigenvalue weighted by molar-refractivity contribution is 6.25. The van der Waals surface area contributed by atoms with Crippen LogP contribution in [0.3, 0.4) is 0 Å². The van der Waals surface area contributed by atoms with E-state index < -0.39 is 5.83 Å². The van der Waals surface area contributed by atoms with Crippen LogP contribution in [0.1, 0.15) is 51.2 Å². The number of aldehydes is 1. The van der Waals surface area contributed by atoms with Gasteiger partial charge in [-0.05, 0) is 71.0 Å². The van der Waals surface area contributed by atoms with Gasteiger partial charge >= 0.3 is 0 Å². The Balaban J connectivity index is 0.00000150. The average Bonchev–Trinajstić information content (AvgIpc) is 2.92. The molecule has 0 bridgehead atoms. The minimum Gasteiger partial charge on any atom is -0.383 e. The molecule has 0 amide bonds. The number of nitrogens with one attached hydrogen (secondary N) is 1. The maximum absolute atomic E-state index is 13.3. The number of hydrogen-bond donors (Lipinski definition) is 3. The zero-order valence-corrected chi connectivity index (χ0v) is 23.6. The Hall–Kier alpha value is -3.34. The van der Waals surface area contributed by atoms with E-state index in [9.17, 15) is 4.39 Å². The molecular formula is C27H42ClFN8O. The molecular weight excluding hydrogens is 507 g/mol. The summed E-state index contributed by atoms with van der Waals surface area (Å²) in [5.41, 5.74) is 10.5. The molecule has 11 heteroatoms. The number of nitrogens with two attached hydrogens (primary N) is 2. The number of nitrogen functional groups attached to an aromatic ring is 1. The van der Waals surface area contributed by atoms with Gasteiger partial charge in [0.05, 0.1) is 18.2 Å². The molecule has 2 heterocycles. The van der Waals surface area contributed by atoms with E-state index in [0.29, 0.717) is 11.6 Å². The van der Waals surface area contributed by atoms with Gasteiger partial charge in [0.25, 0.3) is 0 Å². The first-order chi connectivity index (χ1) is 18.3. The molecule has 1 fully saturated rings. The van der Waals surface area contributed by atoms with Crippen molar-refractivity contribution in [3.05, 3.63) is 65.8 Å². The second-order valence-electron chi connectivity index (χ2n) is 8.00. The third-order valence-corrected chi connectivity index (χ3v) is 5.28. The fourth-order valence-corrected chi connectivity index (χ4v) is 3.23. The summed E-state index contributed by atoms with van der Waals surface area (Å²) in [6.07, 6.45) is 16.7. The molecule has 0 aliphatic carbocycles. The number of piperidine rings is 1. The van der Waals surface area contributed by atoms with Crippen molar-refractivity contribution in [3.63, 3.8) is 0 Å². The Morgan fingerprint density at radius 2 is 2.05 bits per heavy atom. The highest BCUT2D eigenvalue weighted by Crippen LogP contribution is 2.18. The van der Waals surface area contributed by atoms with Crippen LogP contribution in [0.2, 0.25) is 0 Å². The van der Waals surface area contributed by atoms with E-state index in [1.165, 1.54) is 6.92 Å². The van der Waals surface area contributed by atoms with Crippen molar-refractivity contribution in [2.24, 2.45) is 15.9 Å². The van der Waals surface area contributed by atoms with Gasteiger partial charge in [-0.25, -0.2) is 15.2 Å². The number of aliphatic imine (C=N–C) groups is 1. The third kappa shape index (κ3) is 14.4. The average molecular weight is 549 g/mol. The molecule has 0 aromatic carbocycles. The zero-order valence-electron chi connectivity index (χ0n) is 22.9. The quantitative estimate of drug-likeness (QED) is 0.102. The lowest BCUT2D eigenvalue weighted by Crippen LogP contribution is -2.39. The molecule has 1 aromatic rings. The van der Waals surface area contributed by atoms with Crippen LogP contribution in [-0.4, -0.2) is 66.0 Å². The molecule has 0 spiro atoms. The minimum absolute atomic E-state index is 0.222. The molecule has 210 valence electrons. The lowest BCUT2D eigenvalue weighted by molar-refractivity contribution is -0.106. The van der Waals surface area contributed by atoms with E-state index in [-0.39, 0.29) is 18.2 Å². The summed E-state index contributed by atoms with van der Waals surface area (Å²) >= 11 is 5.34. The Kier molecular flexibility index (Phi) is 19.8. The third-order valence-electron chi connectivity index (χ3n) is 5.05. The molecule has 0 radical (unpaired) electrons. The van der Waals surface area contributed by atoms with Gasteiger partial charge in [-0.15, -0.1) is 0 Å². The molecule has 9 nitrogen and oxygen atoms in total. The van der Waals surface area contributed by atoms with Gasteiger partial charge in [-0.1, -0.05) is 43.3 Å². The number of halogens is 2. The van der Waals surface area contributed by atoms with Crippen molar-refractivity contribution in [2.75, 3.05) is 32.4 Å². The predicted octanol–water partition coefficient (Wildman–Crippen LogP) is 4.64.